The Morgan fingerprint density at radius 3 is 1.03 bits per heavy atom. The summed E-state index contributed by atoms with van der Waals surface area (Å²) < 4.78 is 24.4. The van der Waals surface area contributed by atoms with Gasteiger partial charge in [-0.2, -0.15) is 0 Å². The van der Waals surface area contributed by atoms with E-state index in [1.807, 2.05) is 0 Å². The molecule has 0 aromatic carbocycles. The number of alkyl halides is 2. The van der Waals surface area contributed by atoms with E-state index >= 15 is 0 Å². The van der Waals surface area contributed by atoms with Gasteiger partial charge in [-0.15, -0.1) is 0 Å². The molecular formula is C31H56F2. The van der Waals surface area contributed by atoms with Crippen LogP contribution in [0.15, 0.2) is 0 Å². The molecule has 194 valence electrons. The fourth-order valence-corrected chi connectivity index (χ4v) is 7.76. The molecule has 0 spiro atoms. The molecule has 0 atom stereocenters. The quantitative estimate of drug-likeness (QED) is 0.210. The van der Waals surface area contributed by atoms with Crippen molar-refractivity contribution in [3.05, 3.63) is 0 Å². The van der Waals surface area contributed by atoms with Crippen molar-refractivity contribution in [3.63, 3.8) is 0 Å². The third-order valence-electron chi connectivity index (χ3n) is 10.1. The molecule has 0 radical (unpaired) electrons. The molecule has 0 amide bonds. The van der Waals surface area contributed by atoms with Crippen LogP contribution in [-0.2, 0) is 0 Å². The molecule has 33 heavy (non-hydrogen) atoms. The summed E-state index contributed by atoms with van der Waals surface area (Å²) >= 11 is 0. The molecule has 0 aromatic heterocycles. The Hall–Kier alpha value is -0.140. The van der Waals surface area contributed by atoms with Crippen molar-refractivity contribution in [2.45, 2.75) is 148 Å². The van der Waals surface area contributed by atoms with Gasteiger partial charge < -0.3 is 0 Å². The van der Waals surface area contributed by atoms with Crippen LogP contribution in [0.4, 0.5) is 8.78 Å². The van der Waals surface area contributed by atoms with Gasteiger partial charge >= 0.3 is 0 Å². The van der Waals surface area contributed by atoms with Gasteiger partial charge in [0.2, 0.25) is 0 Å². The zero-order valence-electron chi connectivity index (χ0n) is 21.9. The molecule has 3 fully saturated rings. The van der Waals surface area contributed by atoms with Crippen molar-refractivity contribution in [2.75, 3.05) is 13.3 Å². The molecule has 0 nitrogen and oxygen atoms in total. The van der Waals surface area contributed by atoms with Gasteiger partial charge in [0, 0.05) is 0 Å². The summed E-state index contributed by atoms with van der Waals surface area (Å²) in [5, 5.41) is 0. The van der Waals surface area contributed by atoms with E-state index in [-0.39, 0.29) is 13.3 Å². The molecule has 3 aliphatic carbocycles. The fraction of sp³-hybridized carbons (Fsp3) is 1.00. The number of hydrogen-bond donors (Lipinski definition) is 0. The highest BCUT2D eigenvalue weighted by atomic mass is 19.1. The topological polar surface area (TPSA) is 0 Å². The van der Waals surface area contributed by atoms with E-state index in [2.05, 4.69) is 0 Å². The largest absolute Gasteiger partial charge is 0.251 e. The van der Waals surface area contributed by atoms with Gasteiger partial charge in [-0.1, -0.05) is 109 Å². The van der Waals surface area contributed by atoms with Gasteiger partial charge in [0.15, 0.2) is 0 Å². The van der Waals surface area contributed by atoms with Crippen LogP contribution in [0.2, 0.25) is 0 Å². The molecular weight excluding hydrogens is 410 g/mol. The van der Waals surface area contributed by atoms with Gasteiger partial charge in [0.1, 0.15) is 0 Å². The Labute approximate surface area is 205 Å². The van der Waals surface area contributed by atoms with E-state index in [1.54, 1.807) is 0 Å². The number of hydrogen-bond acceptors (Lipinski definition) is 0. The van der Waals surface area contributed by atoms with Crippen LogP contribution in [0.1, 0.15) is 148 Å². The van der Waals surface area contributed by atoms with Crippen molar-refractivity contribution >= 4 is 0 Å². The smallest absolute Gasteiger partial charge is 0.0894 e. The molecule has 0 heterocycles. The zero-order valence-corrected chi connectivity index (χ0v) is 21.9. The maximum absolute atomic E-state index is 12.3. The Morgan fingerprint density at radius 1 is 0.333 bits per heavy atom. The van der Waals surface area contributed by atoms with Crippen LogP contribution in [-0.4, -0.2) is 13.3 Å². The first-order chi connectivity index (χ1) is 16.3. The van der Waals surface area contributed by atoms with Gasteiger partial charge in [0.25, 0.3) is 0 Å². The minimum absolute atomic E-state index is 0.124. The lowest BCUT2D eigenvalue weighted by Gasteiger charge is -2.38. The van der Waals surface area contributed by atoms with Gasteiger partial charge in [0.05, 0.1) is 13.3 Å². The van der Waals surface area contributed by atoms with Crippen molar-refractivity contribution < 1.29 is 8.78 Å². The fourth-order valence-electron chi connectivity index (χ4n) is 7.76. The molecule has 0 N–H and O–H groups in total. The predicted molar refractivity (Wildman–Crippen MR) is 139 cm³/mol. The average Bonchev–Trinajstić information content (AvgIpc) is 2.87. The third-order valence-corrected chi connectivity index (χ3v) is 10.1. The standard InChI is InChI=1S/C31H56F2/c32-24-6-2-1-4-8-26-10-12-28(13-11-26)14-15-29-18-22-31(23-19-29)30-20-16-27(17-21-30)9-5-3-7-25-33/h26-31H,1-25H2. The Kier molecular flexibility index (Phi) is 13.7. The highest BCUT2D eigenvalue weighted by Gasteiger charge is 2.31. The first-order valence-corrected chi connectivity index (χ1v) is 15.4. The van der Waals surface area contributed by atoms with E-state index in [9.17, 15) is 8.78 Å². The van der Waals surface area contributed by atoms with Crippen molar-refractivity contribution in [1.29, 1.82) is 0 Å². The maximum Gasteiger partial charge on any atom is 0.0894 e. The van der Waals surface area contributed by atoms with E-state index in [0.717, 1.165) is 61.2 Å². The van der Waals surface area contributed by atoms with E-state index < -0.39 is 0 Å². The van der Waals surface area contributed by atoms with Crippen molar-refractivity contribution in [1.82, 2.24) is 0 Å². The van der Waals surface area contributed by atoms with Crippen LogP contribution in [0.25, 0.3) is 0 Å². The molecule has 3 saturated carbocycles. The minimum atomic E-state index is -0.127. The first-order valence-electron chi connectivity index (χ1n) is 15.4. The van der Waals surface area contributed by atoms with Crippen LogP contribution >= 0.6 is 0 Å². The summed E-state index contributed by atoms with van der Waals surface area (Å²) in [6.07, 6.45) is 31.3. The second-order valence-electron chi connectivity index (χ2n) is 12.5. The van der Waals surface area contributed by atoms with Crippen molar-refractivity contribution in [2.24, 2.45) is 35.5 Å². The van der Waals surface area contributed by atoms with Gasteiger partial charge in [-0.3, -0.25) is 8.78 Å². The van der Waals surface area contributed by atoms with E-state index in [4.69, 9.17) is 0 Å². The van der Waals surface area contributed by atoms with Crippen LogP contribution < -0.4 is 0 Å². The van der Waals surface area contributed by atoms with Crippen LogP contribution in [0.5, 0.6) is 0 Å². The molecule has 0 unspecified atom stereocenters. The molecule has 0 saturated heterocycles. The number of halogens is 2. The molecule has 3 aliphatic rings. The average molecular weight is 467 g/mol. The first kappa shape index (κ1) is 27.4. The molecule has 0 aliphatic heterocycles. The summed E-state index contributed by atoms with van der Waals surface area (Å²) in [5.41, 5.74) is 0. The number of unbranched alkanes of at least 4 members (excludes halogenated alkanes) is 5. The lowest BCUT2D eigenvalue weighted by molar-refractivity contribution is 0.135. The van der Waals surface area contributed by atoms with Gasteiger partial charge in [-0.05, 0) is 74.0 Å². The van der Waals surface area contributed by atoms with Crippen LogP contribution in [0.3, 0.4) is 0 Å². The SMILES string of the molecule is FCCCCCCC1CCC(CCC2CCC(C3CCC(CCCCCF)CC3)CC2)CC1. The highest BCUT2D eigenvalue weighted by Crippen LogP contribution is 2.44. The van der Waals surface area contributed by atoms with Gasteiger partial charge in [-0.25, -0.2) is 0 Å². The zero-order chi connectivity index (χ0) is 23.1. The van der Waals surface area contributed by atoms with E-state index in [0.29, 0.717) is 0 Å². The second kappa shape index (κ2) is 16.5. The second-order valence-corrected chi connectivity index (χ2v) is 12.5. The summed E-state index contributed by atoms with van der Waals surface area (Å²) in [5.74, 6) is 6.04. The van der Waals surface area contributed by atoms with Crippen molar-refractivity contribution in [3.8, 4) is 0 Å². The highest BCUT2D eigenvalue weighted by molar-refractivity contribution is 4.83. The Bertz CT molecular complexity index is 454. The number of rotatable bonds is 15. The molecule has 2 heteroatoms. The third kappa shape index (κ3) is 10.6. The summed E-state index contributed by atoms with van der Waals surface area (Å²) in [6, 6.07) is 0. The lowest BCUT2D eigenvalue weighted by atomic mass is 9.68. The monoisotopic (exact) mass is 466 g/mol. The van der Waals surface area contributed by atoms with Crippen LogP contribution in [0, 0.1) is 35.5 Å². The normalized spacial score (nSPS) is 33.3. The summed E-state index contributed by atoms with van der Waals surface area (Å²) in [7, 11) is 0. The Balaban J connectivity index is 1.19. The summed E-state index contributed by atoms with van der Waals surface area (Å²) in [6.45, 7) is -0.251. The lowest BCUT2D eigenvalue weighted by Crippen LogP contribution is -2.26. The Morgan fingerprint density at radius 2 is 0.636 bits per heavy atom. The molecule has 0 bridgehead atoms. The van der Waals surface area contributed by atoms with E-state index in [1.165, 1.54) is 122 Å². The predicted octanol–water partition coefficient (Wildman–Crippen LogP) is 10.6. The summed E-state index contributed by atoms with van der Waals surface area (Å²) in [4.78, 5) is 0. The minimum Gasteiger partial charge on any atom is -0.251 e. The molecule has 3 rings (SSSR count). The maximum atomic E-state index is 12.3. The molecule has 0 aromatic rings.